The first-order chi connectivity index (χ1) is 11.9. The molecule has 0 bridgehead atoms. The second-order valence-corrected chi connectivity index (χ2v) is 6.83. The van der Waals surface area contributed by atoms with Gasteiger partial charge < -0.3 is 9.42 Å². The normalized spacial score (nSPS) is 16.4. The van der Waals surface area contributed by atoms with Crippen LogP contribution in [0.3, 0.4) is 0 Å². The van der Waals surface area contributed by atoms with Gasteiger partial charge in [-0.25, -0.2) is 8.78 Å². The summed E-state index contributed by atoms with van der Waals surface area (Å²) in [4.78, 5) is 8.54. The zero-order valence-corrected chi connectivity index (χ0v) is 14.8. The van der Waals surface area contributed by atoms with E-state index in [4.69, 9.17) is 16.1 Å². The van der Waals surface area contributed by atoms with Crippen LogP contribution in [-0.4, -0.2) is 47.1 Å². The fourth-order valence-electron chi connectivity index (χ4n) is 2.77. The van der Waals surface area contributed by atoms with Crippen molar-refractivity contribution in [3.8, 4) is 0 Å². The first-order valence-electron chi connectivity index (χ1n) is 8.32. The predicted octanol–water partition coefficient (Wildman–Crippen LogP) is 3.63. The Balaban J connectivity index is 1.51. The number of aryl methyl sites for hydroxylation is 1. The van der Waals surface area contributed by atoms with Gasteiger partial charge >= 0.3 is 6.01 Å². The van der Waals surface area contributed by atoms with Crippen molar-refractivity contribution in [1.29, 1.82) is 0 Å². The molecule has 0 unspecified atom stereocenters. The molecule has 8 heteroatoms. The van der Waals surface area contributed by atoms with Crippen LogP contribution < -0.4 is 4.90 Å². The SMILES string of the molecule is CC(F)(F)CCc1noc(N2CCN(Cc3ccccc3Cl)CC2)n1. The molecule has 2 heterocycles. The summed E-state index contributed by atoms with van der Waals surface area (Å²) < 4.78 is 31.0. The molecule has 1 aromatic carbocycles. The highest BCUT2D eigenvalue weighted by Gasteiger charge is 2.24. The summed E-state index contributed by atoms with van der Waals surface area (Å²) in [7, 11) is 0. The van der Waals surface area contributed by atoms with Crippen LogP contribution in [0, 0.1) is 0 Å². The molecular weight excluding hydrogens is 350 g/mol. The third kappa shape index (κ3) is 5.12. The van der Waals surface area contributed by atoms with Gasteiger partial charge in [0, 0.05) is 50.6 Å². The van der Waals surface area contributed by atoms with Gasteiger partial charge in [-0.3, -0.25) is 4.90 Å². The number of aromatic nitrogens is 2. The number of piperazine rings is 1. The minimum Gasteiger partial charge on any atom is -0.322 e. The van der Waals surface area contributed by atoms with Crippen molar-refractivity contribution in [3.05, 3.63) is 40.7 Å². The number of hydrogen-bond donors (Lipinski definition) is 0. The lowest BCUT2D eigenvalue weighted by atomic mass is 10.2. The Morgan fingerprint density at radius 2 is 1.92 bits per heavy atom. The molecule has 0 N–H and O–H groups in total. The summed E-state index contributed by atoms with van der Waals surface area (Å²) in [5, 5.41) is 4.58. The summed E-state index contributed by atoms with van der Waals surface area (Å²) in [6.45, 7) is 4.87. The van der Waals surface area contributed by atoms with Crippen LogP contribution in [0.1, 0.15) is 24.7 Å². The van der Waals surface area contributed by atoms with E-state index in [1.807, 2.05) is 29.2 Å². The van der Waals surface area contributed by atoms with Gasteiger partial charge in [-0.15, -0.1) is 0 Å². The van der Waals surface area contributed by atoms with Crippen molar-refractivity contribution < 1.29 is 13.3 Å². The molecule has 0 atom stereocenters. The summed E-state index contributed by atoms with van der Waals surface area (Å²) >= 11 is 6.21. The van der Waals surface area contributed by atoms with Gasteiger partial charge in [0.25, 0.3) is 0 Å². The molecule has 1 fully saturated rings. The van der Waals surface area contributed by atoms with Crippen LogP contribution in [0.15, 0.2) is 28.8 Å². The molecule has 25 heavy (non-hydrogen) atoms. The topological polar surface area (TPSA) is 45.4 Å². The van der Waals surface area contributed by atoms with Crippen LogP contribution in [0.4, 0.5) is 14.8 Å². The standard InChI is InChI=1S/C17H21ClF2N4O/c1-17(19,20)7-6-15-21-16(25-22-15)24-10-8-23(9-11-24)12-13-4-2-3-5-14(13)18/h2-5H,6-12H2,1H3. The lowest BCUT2D eigenvalue weighted by Gasteiger charge is -2.33. The fourth-order valence-corrected chi connectivity index (χ4v) is 2.97. The first-order valence-corrected chi connectivity index (χ1v) is 8.70. The molecule has 1 saturated heterocycles. The molecule has 5 nitrogen and oxygen atoms in total. The molecule has 1 aliphatic rings. The number of anilines is 1. The Morgan fingerprint density at radius 3 is 2.60 bits per heavy atom. The monoisotopic (exact) mass is 370 g/mol. The lowest BCUT2D eigenvalue weighted by molar-refractivity contribution is 0.0127. The molecule has 0 aliphatic carbocycles. The molecule has 1 aromatic heterocycles. The van der Waals surface area contributed by atoms with E-state index in [0.717, 1.165) is 50.2 Å². The molecule has 3 rings (SSSR count). The maximum atomic E-state index is 12.9. The molecule has 2 aromatic rings. The van der Waals surface area contributed by atoms with E-state index in [1.165, 1.54) is 0 Å². The Hall–Kier alpha value is -1.73. The van der Waals surface area contributed by atoms with Crippen LogP contribution in [-0.2, 0) is 13.0 Å². The number of benzene rings is 1. The Kier molecular flexibility index (Phi) is 5.54. The predicted molar refractivity (Wildman–Crippen MR) is 92.2 cm³/mol. The summed E-state index contributed by atoms with van der Waals surface area (Å²) in [6.07, 6.45) is -0.170. The zero-order valence-electron chi connectivity index (χ0n) is 14.1. The highest BCUT2D eigenvalue weighted by molar-refractivity contribution is 6.31. The van der Waals surface area contributed by atoms with Crippen LogP contribution >= 0.6 is 11.6 Å². The fraction of sp³-hybridized carbons (Fsp3) is 0.529. The van der Waals surface area contributed by atoms with Gasteiger partial charge in [0.2, 0.25) is 5.92 Å². The first kappa shape index (κ1) is 18.1. The largest absolute Gasteiger partial charge is 0.324 e. The number of rotatable bonds is 6. The molecule has 1 aliphatic heterocycles. The van der Waals surface area contributed by atoms with Gasteiger partial charge in [-0.2, -0.15) is 4.98 Å². The minimum absolute atomic E-state index is 0.111. The van der Waals surface area contributed by atoms with E-state index in [9.17, 15) is 8.78 Å². The van der Waals surface area contributed by atoms with Gasteiger partial charge in [-0.1, -0.05) is 35.0 Å². The van der Waals surface area contributed by atoms with Crippen LogP contribution in [0.25, 0.3) is 0 Å². The van der Waals surface area contributed by atoms with E-state index in [0.29, 0.717) is 11.8 Å². The maximum absolute atomic E-state index is 12.9. The van der Waals surface area contributed by atoms with Crippen LogP contribution in [0.5, 0.6) is 0 Å². The quantitative estimate of drug-likeness (QED) is 0.777. The van der Waals surface area contributed by atoms with Gasteiger partial charge in [-0.05, 0) is 18.6 Å². The van der Waals surface area contributed by atoms with Crippen molar-refractivity contribution in [3.63, 3.8) is 0 Å². The second kappa shape index (κ2) is 7.66. The summed E-state index contributed by atoms with van der Waals surface area (Å²) in [5.41, 5.74) is 1.11. The average Bonchev–Trinajstić information content (AvgIpc) is 3.04. The highest BCUT2D eigenvalue weighted by atomic mass is 35.5. The Labute approximate surface area is 150 Å². The maximum Gasteiger partial charge on any atom is 0.324 e. The number of halogens is 3. The molecule has 0 saturated carbocycles. The van der Waals surface area contributed by atoms with Crippen LogP contribution in [0.2, 0.25) is 5.02 Å². The second-order valence-electron chi connectivity index (χ2n) is 6.42. The molecule has 0 spiro atoms. The smallest absolute Gasteiger partial charge is 0.322 e. The molecule has 0 radical (unpaired) electrons. The number of alkyl halides is 2. The van der Waals surface area contributed by atoms with Gasteiger partial charge in [0.15, 0.2) is 5.82 Å². The average molecular weight is 371 g/mol. The highest BCUT2D eigenvalue weighted by Crippen LogP contribution is 2.21. The van der Waals surface area contributed by atoms with E-state index in [-0.39, 0.29) is 12.8 Å². The Bertz CT molecular complexity index is 696. The zero-order chi connectivity index (χ0) is 17.9. The molecule has 136 valence electrons. The number of nitrogens with zero attached hydrogens (tertiary/aromatic N) is 4. The van der Waals surface area contributed by atoms with E-state index in [1.54, 1.807) is 0 Å². The Morgan fingerprint density at radius 1 is 1.20 bits per heavy atom. The van der Waals surface area contributed by atoms with Gasteiger partial charge in [0.05, 0.1) is 0 Å². The van der Waals surface area contributed by atoms with E-state index >= 15 is 0 Å². The molecule has 0 amide bonds. The van der Waals surface area contributed by atoms with Gasteiger partial charge in [0.1, 0.15) is 0 Å². The van der Waals surface area contributed by atoms with Crippen molar-refractivity contribution in [2.24, 2.45) is 0 Å². The van der Waals surface area contributed by atoms with Crippen molar-refractivity contribution in [1.82, 2.24) is 15.0 Å². The summed E-state index contributed by atoms with van der Waals surface area (Å²) in [6, 6.07) is 8.24. The van der Waals surface area contributed by atoms with Crippen molar-refractivity contribution >= 4 is 17.6 Å². The molecular formula is C17H21ClF2N4O. The lowest BCUT2D eigenvalue weighted by Crippen LogP contribution is -2.46. The third-order valence-electron chi connectivity index (χ3n) is 4.24. The third-order valence-corrected chi connectivity index (χ3v) is 4.61. The van der Waals surface area contributed by atoms with Crippen molar-refractivity contribution in [2.75, 3.05) is 31.1 Å². The van der Waals surface area contributed by atoms with Crippen molar-refractivity contribution in [2.45, 2.75) is 32.2 Å². The minimum atomic E-state index is -2.72. The summed E-state index contributed by atoms with van der Waals surface area (Å²) in [5.74, 6) is -2.39. The number of hydrogen-bond acceptors (Lipinski definition) is 5. The van der Waals surface area contributed by atoms with E-state index in [2.05, 4.69) is 15.0 Å². The van der Waals surface area contributed by atoms with E-state index < -0.39 is 5.92 Å².